The molecule has 6 atom stereocenters. The van der Waals surface area contributed by atoms with Crippen molar-refractivity contribution in [1.82, 2.24) is 0 Å². The van der Waals surface area contributed by atoms with Crippen LogP contribution in [-0.2, 0) is 57.2 Å². The van der Waals surface area contributed by atoms with Gasteiger partial charge in [-0.25, -0.2) is 24.0 Å². The zero-order valence-electron chi connectivity index (χ0n) is 34.3. The molecule has 312 valence electrons. The highest BCUT2D eigenvalue weighted by Gasteiger charge is 2.40. The molecule has 0 fully saturated rings. The van der Waals surface area contributed by atoms with Crippen LogP contribution in [0.15, 0.2) is 72.9 Å². The Bertz CT molecular complexity index is 1520. The van der Waals surface area contributed by atoms with Crippen molar-refractivity contribution in [2.75, 3.05) is 0 Å². The van der Waals surface area contributed by atoms with Crippen molar-refractivity contribution in [2.24, 2.45) is 5.92 Å². The summed E-state index contributed by atoms with van der Waals surface area (Å²) in [4.78, 5) is 89.4. The number of allylic oxidation sites excluding steroid dienone is 1. The van der Waals surface area contributed by atoms with Gasteiger partial charge >= 0.3 is 35.8 Å². The van der Waals surface area contributed by atoms with Crippen molar-refractivity contribution in [1.29, 1.82) is 0 Å². The minimum Gasteiger partial charge on any atom is -0.481 e. The van der Waals surface area contributed by atoms with Gasteiger partial charge in [0.15, 0.2) is 5.78 Å². The van der Waals surface area contributed by atoms with Gasteiger partial charge in [0.05, 0.1) is 0 Å². The number of carboxylic acids is 1. The molecule has 0 bridgehead atoms. The molecule has 13 heteroatoms. The highest BCUT2D eigenvalue weighted by atomic mass is 16.6. The Kier molecular flexibility index (Phi) is 23.6. The summed E-state index contributed by atoms with van der Waals surface area (Å²) >= 11 is 0. The highest BCUT2D eigenvalue weighted by Crippen LogP contribution is 2.32. The number of rotatable bonds is 29. The molecule has 0 aromatic heterocycles. The molecule has 13 nitrogen and oxygen atoms in total. The highest BCUT2D eigenvalue weighted by molar-refractivity contribution is 5.94. The Hall–Kier alpha value is -5.07. The van der Waals surface area contributed by atoms with Gasteiger partial charge in [0.1, 0.15) is 30.5 Å². The third-order valence-electron chi connectivity index (χ3n) is 8.59. The molecule has 0 aliphatic carbocycles. The summed E-state index contributed by atoms with van der Waals surface area (Å²) in [5.74, 6) is -6.30. The van der Waals surface area contributed by atoms with Gasteiger partial charge in [-0.1, -0.05) is 65.7 Å². The first kappa shape index (κ1) is 50.9. The summed E-state index contributed by atoms with van der Waals surface area (Å²) in [6.07, 6.45) is -3.41. The van der Waals surface area contributed by atoms with Gasteiger partial charge in [0.25, 0.3) is 0 Å². The lowest BCUT2D eigenvalue weighted by atomic mass is 9.83. The van der Waals surface area contributed by atoms with Crippen molar-refractivity contribution in [2.45, 2.75) is 150 Å². The number of ketones is 1. The largest absolute Gasteiger partial charge is 0.481 e. The van der Waals surface area contributed by atoms with Crippen LogP contribution in [0.5, 0.6) is 0 Å². The second-order valence-corrected chi connectivity index (χ2v) is 14.4. The van der Waals surface area contributed by atoms with Crippen molar-refractivity contribution in [3.63, 3.8) is 0 Å². The van der Waals surface area contributed by atoms with Crippen LogP contribution >= 0.6 is 0 Å². The Morgan fingerprint density at radius 2 is 0.821 bits per heavy atom. The molecule has 6 unspecified atom stereocenters. The van der Waals surface area contributed by atoms with E-state index in [1.807, 2.05) is 0 Å². The molecule has 0 heterocycles. The maximum atomic E-state index is 13.4. The fourth-order valence-electron chi connectivity index (χ4n) is 5.28. The van der Waals surface area contributed by atoms with E-state index >= 15 is 0 Å². The predicted molar refractivity (Wildman–Crippen MR) is 211 cm³/mol. The lowest BCUT2D eigenvalue weighted by Crippen LogP contribution is -2.44. The summed E-state index contributed by atoms with van der Waals surface area (Å²) in [7, 11) is 0. The molecule has 56 heavy (non-hydrogen) atoms. The molecule has 0 aliphatic heterocycles. The Morgan fingerprint density at radius 1 is 0.464 bits per heavy atom. The summed E-state index contributed by atoms with van der Waals surface area (Å²) in [5.41, 5.74) is 0.426. The smallest absolute Gasteiger partial charge is 0.333 e. The van der Waals surface area contributed by atoms with Crippen LogP contribution in [0.3, 0.4) is 0 Å². The Morgan fingerprint density at radius 3 is 1.21 bits per heavy atom. The van der Waals surface area contributed by atoms with E-state index in [4.69, 9.17) is 28.8 Å². The van der Waals surface area contributed by atoms with Gasteiger partial charge in [0.2, 0.25) is 0 Å². The molecule has 0 radical (unpaired) electrons. The Balaban J connectivity index is 7.40. The number of aliphatic carboxylic acids is 1. The van der Waals surface area contributed by atoms with Crippen LogP contribution in [0.1, 0.15) is 119 Å². The fourth-order valence-corrected chi connectivity index (χ4v) is 5.28. The lowest BCUT2D eigenvalue weighted by Gasteiger charge is -2.35. The van der Waals surface area contributed by atoms with E-state index in [0.717, 1.165) is 0 Å². The number of hydrogen-bond donors (Lipinski definition) is 1. The molecule has 0 rings (SSSR count). The van der Waals surface area contributed by atoms with Gasteiger partial charge < -0.3 is 28.8 Å². The van der Waals surface area contributed by atoms with Crippen LogP contribution < -0.4 is 0 Å². The third kappa shape index (κ3) is 20.0. The average Bonchev–Trinajstić information content (AvgIpc) is 3.10. The van der Waals surface area contributed by atoms with Crippen LogP contribution in [0, 0.1) is 5.92 Å². The van der Waals surface area contributed by atoms with Crippen molar-refractivity contribution in [3.8, 4) is 0 Å². The Labute approximate surface area is 331 Å². The van der Waals surface area contributed by atoms with Gasteiger partial charge in [-0.05, 0) is 79.2 Å². The SMILES string of the molecule is C=C(C)C(=O)CC(CC(OC(=O)C(=C)C)C(CC)OC(=O)C(=C)C)C(CC(OC(=O)C(=C)C)C(CCCCCCCC(=O)O)OC(=O)C(=C)C)OC(=O)C(=C)C. The van der Waals surface area contributed by atoms with Crippen LogP contribution in [0.2, 0.25) is 0 Å². The number of ether oxygens (including phenoxy) is 5. The van der Waals surface area contributed by atoms with Crippen LogP contribution in [0.25, 0.3) is 0 Å². The molecular formula is C43H62O13. The van der Waals surface area contributed by atoms with E-state index in [1.165, 1.54) is 41.5 Å². The number of unbranched alkanes of at least 4 members (excludes halogenated alkanes) is 4. The molecule has 1 N–H and O–H groups in total. The van der Waals surface area contributed by atoms with Crippen LogP contribution in [-0.4, -0.2) is 77.2 Å². The second kappa shape index (κ2) is 25.9. The van der Waals surface area contributed by atoms with Gasteiger partial charge in [0, 0.05) is 53.0 Å². The number of carbonyl (C=O) groups excluding carboxylic acids is 6. The number of carbonyl (C=O) groups is 7. The van der Waals surface area contributed by atoms with Crippen molar-refractivity contribution in [3.05, 3.63) is 72.9 Å². The molecule has 0 saturated heterocycles. The number of hydrogen-bond acceptors (Lipinski definition) is 12. The first-order valence-corrected chi connectivity index (χ1v) is 18.7. The fraction of sp³-hybridized carbons (Fsp3) is 0.558. The quantitative estimate of drug-likeness (QED) is 0.0339. The van der Waals surface area contributed by atoms with Crippen molar-refractivity contribution < 1.29 is 62.4 Å². The molecular weight excluding hydrogens is 724 g/mol. The maximum Gasteiger partial charge on any atom is 0.333 e. The molecule has 0 amide bonds. The van der Waals surface area contributed by atoms with E-state index in [2.05, 4.69) is 39.5 Å². The minimum atomic E-state index is -1.28. The maximum absolute atomic E-state index is 13.4. The standard InChI is InChI=1S/C43H62O13/c1-14-33(52-39(47)26(4)5)36(55-42(50)29(10)11)23-31(22-32(44)25(2)3)35(54-41(49)28(8)9)24-37(56-43(51)30(12)13)34(53-40(48)27(6)7)20-18-16-15-17-19-21-38(45)46/h31,33-37H,2,4,6,8,10,12,14-24H2,1,3,5,7,9,11,13H3,(H,45,46). The monoisotopic (exact) mass is 786 g/mol. The summed E-state index contributed by atoms with van der Waals surface area (Å²) in [5, 5.41) is 8.95. The van der Waals surface area contributed by atoms with Crippen LogP contribution in [0.4, 0.5) is 0 Å². The van der Waals surface area contributed by atoms with Gasteiger partial charge in [-0.3, -0.25) is 9.59 Å². The first-order chi connectivity index (χ1) is 26.0. The zero-order chi connectivity index (χ0) is 43.3. The number of esters is 5. The summed E-state index contributed by atoms with van der Waals surface area (Å²) in [6, 6.07) is 0. The predicted octanol–water partition coefficient (Wildman–Crippen LogP) is 7.58. The van der Waals surface area contributed by atoms with E-state index in [9.17, 15) is 33.6 Å². The zero-order valence-corrected chi connectivity index (χ0v) is 34.3. The molecule has 0 saturated carbocycles. The molecule has 0 aromatic rings. The normalized spacial score (nSPS) is 13.9. The van der Waals surface area contributed by atoms with E-state index in [0.29, 0.717) is 32.1 Å². The summed E-state index contributed by atoms with van der Waals surface area (Å²) in [6.45, 7) is 32.4. The third-order valence-corrected chi connectivity index (χ3v) is 8.59. The molecule has 0 aliphatic rings. The minimum absolute atomic E-state index is 0.00991. The van der Waals surface area contributed by atoms with E-state index < -0.39 is 78.0 Å². The number of Topliss-reactive ketones (excluding diaryl/α,β-unsaturated/α-hetero) is 1. The molecule has 0 aromatic carbocycles. The second-order valence-electron chi connectivity index (χ2n) is 14.4. The first-order valence-electron chi connectivity index (χ1n) is 18.7. The van der Waals surface area contributed by atoms with Gasteiger partial charge in [-0.15, -0.1) is 0 Å². The lowest BCUT2D eigenvalue weighted by molar-refractivity contribution is -0.173. The van der Waals surface area contributed by atoms with Gasteiger partial charge in [-0.2, -0.15) is 0 Å². The topological polar surface area (TPSA) is 186 Å². The van der Waals surface area contributed by atoms with Crippen molar-refractivity contribution >= 4 is 41.6 Å². The average molecular weight is 787 g/mol. The molecule has 0 spiro atoms. The summed E-state index contributed by atoms with van der Waals surface area (Å²) < 4.78 is 29.2. The number of carboxylic acid groups (broad SMARTS) is 1. The van der Waals surface area contributed by atoms with E-state index in [1.54, 1.807) is 6.92 Å². The van der Waals surface area contributed by atoms with E-state index in [-0.39, 0.29) is 72.0 Å².